The second kappa shape index (κ2) is 10.3. The van der Waals surface area contributed by atoms with Crippen molar-refractivity contribution in [2.24, 2.45) is 0 Å². The van der Waals surface area contributed by atoms with Gasteiger partial charge in [-0.25, -0.2) is 21.6 Å². The smallest absolute Gasteiger partial charge is 0.265 e. The molecule has 12 heteroatoms. The summed E-state index contributed by atoms with van der Waals surface area (Å²) in [5.41, 5.74) is -0.0634. The molecule has 0 bridgehead atoms. The number of carbonyl (C=O) groups is 1. The molecule has 2 aromatic carbocycles. The maximum absolute atomic E-state index is 12.9. The Balaban J connectivity index is 1.85. The number of aromatic amines is 1. The van der Waals surface area contributed by atoms with E-state index in [0.29, 0.717) is 36.8 Å². The van der Waals surface area contributed by atoms with Crippen LogP contribution >= 0.6 is 11.6 Å². The van der Waals surface area contributed by atoms with Crippen LogP contribution in [0.5, 0.6) is 0 Å². The number of sulfonamides is 2. The van der Waals surface area contributed by atoms with Gasteiger partial charge in [-0.3, -0.25) is 9.59 Å². The number of amides is 1. The van der Waals surface area contributed by atoms with E-state index in [9.17, 15) is 26.4 Å². The van der Waals surface area contributed by atoms with Gasteiger partial charge in [-0.15, -0.1) is 0 Å². The molecule has 3 rings (SSSR count). The molecule has 0 fully saturated rings. The standard InChI is InChI=1S/C22H24ClN3O6S2/c1-3-11-26(12-4-2)34(31,32)17-8-5-15(6-9-17)22(28)25-33(29,30)20-13-16-7-10-21(27)24-19(16)14-18(20)23/h5-10,13-14H,3-4,11-12H2,1-2H3,(H,24,27)(H,25,28). The van der Waals surface area contributed by atoms with Gasteiger partial charge in [0.05, 0.1) is 9.92 Å². The van der Waals surface area contributed by atoms with Crippen molar-refractivity contribution in [3.63, 3.8) is 0 Å². The average Bonchev–Trinajstić information content (AvgIpc) is 2.78. The first-order valence-electron chi connectivity index (χ1n) is 10.5. The predicted octanol–water partition coefficient (Wildman–Crippen LogP) is 3.11. The number of hydrogen-bond donors (Lipinski definition) is 2. The lowest BCUT2D eigenvalue weighted by molar-refractivity contribution is 0.0981. The van der Waals surface area contributed by atoms with Crippen molar-refractivity contribution in [3.05, 3.63) is 69.5 Å². The fourth-order valence-electron chi connectivity index (χ4n) is 3.38. The minimum absolute atomic E-state index is 0.0142. The van der Waals surface area contributed by atoms with Crippen LogP contribution in [-0.4, -0.2) is 45.1 Å². The summed E-state index contributed by atoms with van der Waals surface area (Å²) in [7, 11) is -8.09. The molecule has 2 N–H and O–H groups in total. The van der Waals surface area contributed by atoms with Gasteiger partial charge in [0.15, 0.2) is 0 Å². The number of aromatic nitrogens is 1. The SMILES string of the molecule is CCCN(CCC)S(=O)(=O)c1ccc(C(=O)NS(=O)(=O)c2cc3ccc(=O)[nH]c3cc2Cl)cc1. The van der Waals surface area contributed by atoms with Crippen molar-refractivity contribution in [1.29, 1.82) is 0 Å². The molecule has 9 nitrogen and oxygen atoms in total. The third-order valence-electron chi connectivity index (χ3n) is 4.99. The molecule has 0 atom stereocenters. The number of nitrogens with one attached hydrogen (secondary N) is 2. The molecule has 3 aromatic rings. The molecule has 1 heterocycles. The average molecular weight is 526 g/mol. The molecule has 0 saturated heterocycles. The third kappa shape index (κ3) is 5.49. The van der Waals surface area contributed by atoms with Crippen molar-refractivity contribution in [2.75, 3.05) is 13.1 Å². The zero-order valence-electron chi connectivity index (χ0n) is 18.5. The molecule has 0 aliphatic heterocycles. The normalized spacial score (nSPS) is 12.2. The molecule has 0 radical (unpaired) electrons. The van der Waals surface area contributed by atoms with Crippen LogP contribution in [-0.2, 0) is 20.0 Å². The van der Waals surface area contributed by atoms with Crippen LogP contribution in [0.15, 0.2) is 63.1 Å². The third-order valence-corrected chi connectivity index (χ3v) is 8.70. The molecule has 1 amide bonds. The van der Waals surface area contributed by atoms with E-state index in [2.05, 4.69) is 4.98 Å². The van der Waals surface area contributed by atoms with Gasteiger partial charge < -0.3 is 4.98 Å². The molecular weight excluding hydrogens is 502 g/mol. The maximum atomic E-state index is 12.9. The number of carbonyl (C=O) groups excluding carboxylic acids is 1. The van der Waals surface area contributed by atoms with E-state index in [4.69, 9.17) is 11.6 Å². The highest BCUT2D eigenvalue weighted by Crippen LogP contribution is 2.26. The second-order valence-electron chi connectivity index (χ2n) is 7.56. The molecular formula is C22H24ClN3O6S2. The minimum Gasteiger partial charge on any atom is -0.322 e. The highest BCUT2D eigenvalue weighted by Gasteiger charge is 2.25. The Bertz CT molecular complexity index is 1480. The van der Waals surface area contributed by atoms with Gasteiger partial charge in [-0.1, -0.05) is 25.4 Å². The van der Waals surface area contributed by atoms with Gasteiger partial charge in [0.25, 0.3) is 15.9 Å². The van der Waals surface area contributed by atoms with E-state index in [0.717, 1.165) is 0 Å². The maximum Gasteiger partial charge on any atom is 0.265 e. The van der Waals surface area contributed by atoms with E-state index >= 15 is 0 Å². The lowest BCUT2D eigenvalue weighted by Gasteiger charge is -2.21. The Morgan fingerprint density at radius 3 is 2.18 bits per heavy atom. The summed E-state index contributed by atoms with van der Waals surface area (Å²) in [6.07, 6.45) is 1.32. The first kappa shape index (κ1) is 25.9. The van der Waals surface area contributed by atoms with Crippen molar-refractivity contribution >= 4 is 48.5 Å². The summed E-state index contributed by atoms with van der Waals surface area (Å²) in [6.45, 7) is 4.51. The molecule has 34 heavy (non-hydrogen) atoms. The van der Waals surface area contributed by atoms with Crippen molar-refractivity contribution in [1.82, 2.24) is 14.0 Å². The summed E-state index contributed by atoms with van der Waals surface area (Å²) in [4.78, 5) is 26.3. The Morgan fingerprint density at radius 2 is 1.59 bits per heavy atom. The lowest BCUT2D eigenvalue weighted by Crippen LogP contribution is -2.33. The lowest BCUT2D eigenvalue weighted by atomic mass is 10.2. The summed E-state index contributed by atoms with van der Waals surface area (Å²) >= 11 is 6.10. The van der Waals surface area contributed by atoms with Gasteiger partial charge in [-0.05, 0) is 60.7 Å². The zero-order chi connectivity index (χ0) is 25.1. The number of rotatable bonds is 9. The molecule has 0 unspecified atom stereocenters. The molecule has 1 aromatic heterocycles. The van der Waals surface area contributed by atoms with E-state index in [1.54, 1.807) is 0 Å². The minimum atomic E-state index is -4.36. The first-order valence-corrected chi connectivity index (χ1v) is 13.8. The van der Waals surface area contributed by atoms with E-state index in [1.807, 2.05) is 18.6 Å². The summed E-state index contributed by atoms with van der Waals surface area (Å²) in [5, 5.41) is 0.234. The van der Waals surface area contributed by atoms with E-state index in [-0.39, 0.29) is 25.9 Å². The van der Waals surface area contributed by atoms with Gasteiger partial charge >= 0.3 is 0 Å². The first-order chi connectivity index (χ1) is 16.0. The van der Waals surface area contributed by atoms with Crippen LogP contribution < -0.4 is 10.3 Å². The number of nitrogens with zero attached hydrogens (tertiary/aromatic N) is 1. The number of benzene rings is 2. The van der Waals surface area contributed by atoms with Crippen LogP contribution in [0.2, 0.25) is 5.02 Å². The molecule has 182 valence electrons. The van der Waals surface area contributed by atoms with E-state index in [1.165, 1.54) is 52.8 Å². The largest absolute Gasteiger partial charge is 0.322 e. The number of H-pyrrole nitrogens is 1. The molecule has 0 aliphatic rings. The highest BCUT2D eigenvalue weighted by atomic mass is 35.5. The summed E-state index contributed by atoms with van der Waals surface area (Å²) in [6, 6.07) is 10.3. The van der Waals surface area contributed by atoms with Crippen LogP contribution in [0.1, 0.15) is 37.0 Å². The van der Waals surface area contributed by atoms with E-state index < -0.39 is 26.0 Å². The van der Waals surface area contributed by atoms with Crippen LogP contribution in [0.25, 0.3) is 10.9 Å². The topological polar surface area (TPSA) is 133 Å². The van der Waals surface area contributed by atoms with Crippen molar-refractivity contribution in [3.8, 4) is 0 Å². The Morgan fingerprint density at radius 1 is 0.971 bits per heavy atom. The Kier molecular flexibility index (Phi) is 7.81. The van der Waals surface area contributed by atoms with Crippen molar-refractivity contribution in [2.45, 2.75) is 36.5 Å². The predicted molar refractivity (Wildman–Crippen MR) is 130 cm³/mol. The monoisotopic (exact) mass is 525 g/mol. The molecule has 0 spiro atoms. The number of hydrogen-bond acceptors (Lipinski definition) is 6. The fraction of sp³-hybridized carbons (Fsp3) is 0.273. The quantitative estimate of drug-likeness (QED) is 0.441. The number of fused-ring (bicyclic) bond motifs is 1. The fourth-order valence-corrected chi connectivity index (χ4v) is 6.54. The summed E-state index contributed by atoms with van der Waals surface area (Å²) < 4.78 is 54.7. The van der Waals surface area contributed by atoms with Crippen molar-refractivity contribution < 1.29 is 21.6 Å². The molecule has 0 aliphatic carbocycles. The summed E-state index contributed by atoms with van der Waals surface area (Å²) in [5.74, 6) is -0.944. The van der Waals surface area contributed by atoms with Crippen LogP contribution in [0, 0.1) is 0 Å². The Hall–Kier alpha value is -2.73. The van der Waals surface area contributed by atoms with Gasteiger partial charge in [0.2, 0.25) is 15.6 Å². The number of halogens is 1. The van der Waals surface area contributed by atoms with Crippen LogP contribution in [0.3, 0.4) is 0 Å². The Labute approximate surface area is 202 Å². The van der Waals surface area contributed by atoms with Gasteiger partial charge in [0, 0.05) is 30.2 Å². The zero-order valence-corrected chi connectivity index (χ0v) is 20.9. The highest BCUT2D eigenvalue weighted by molar-refractivity contribution is 7.90. The van der Waals surface area contributed by atoms with Gasteiger partial charge in [-0.2, -0.15) is 4.31 Å². The number of pyridine rings is 1. The van der Waals surface area contributed by atoms with Crippen LogP contribution in [0.4, 0.5) is 0 Å². The molecule has 0 saturated carbocycles. The van der Waals surface area contributed by atoms with Gasteiger partial charge in [0.1, 0.15) is 4.90 Å². The second-order valence-corrected chi connectivity index (χ2v) is 11.6.